The maximum atomic E-state index is 12.5. The van der Waals surface area contributed by atoms with Gasteiger partial charge in [-0.3, -0.25) is 14.7 Å². The number of carbonyl (C=O) groups excluding carboxylic acids is 3. The number of hydrogen-bond donors (Lipinski definition) is 4. The quantitative estimate of drug-likeness (QED) is 0.513. The lowest BCUT2D eigenvalue weighted by atomic mass is 10.0. The summed E-state index contributed by atoms with van der Waals surface area (Å²) in [6, 6.07) is 4.26. The van der Waals surface area contributed by atoms with Gasteiger partial charge in [-0.1, -0.05) is 11.6 Å². The minimum absolute atomic E-state index is 0.0135. The molecule has 30 heavy (non-hydrogen) atoms. The van der Waals surface area contributed by atoms with E-state index < -0.39 is 12.0 Å². The number of benzene rings is 1. The summed E-state index contributed by atoms with van der Waals surface area (Å²) in [5.74, 6) is -0.444. The lowest BCUT2D eigenvalue weighted by molar-refractivity contribution is 0.0979. The normalized spacial score (nSPS) is 18.3. The molecule has 2 amide bonds. The van der Waals surface area contributed by atoms with Crippen molar-refractivity contribution in [3.63, 3.8) is 0 Å². The smallest absolute Gasteiger partial charge is 0.407 e. The minimum atomic E-state index is -0.518. The van der Waals surface area contributed by atoms with E-state index in [9.17, 15) is 19.5 Å². The molecule has 0 bridgehead atoms. The van der Waals surface area contributed by atoms with E-state index >= 15 is 0 Å². The van der Waals surface area contributed by atoms with Crippen molar-refractivity contribution < 1.29 is 24.2 Å². The number of nitrogens with zero attached hydrogens (tertiary/aromatic N) is 1. The average molecular weight is 435 g/mol. The molecule has 9 nitrogen and oxygen atoms in total. The van der Waals surface area contributed by atoms with E-state index in [4.69, 9.17) is 16.3 Å². The number of carbonyl (C=O) groups is 3. The lowest BCUT2D eigenvalue weighted by Crippen LogP contribution is -2.33. The van der Waals surface area contributed by atoms with Crippen LogP contribution in [0.4, 0.5) is 10.6 Å². The zero-order chi connectivity index (χ0) is 21.8. The van der Waals surface area contributed by atoms with Crippen LogP contribution in [0.15, 0.2) is 18.2 Å². The summed E-state index contributed by atoms with van der Waals surface area (Å²) in [7, 11) is 0. The first-order chi connectivity index (χ1) is 14.3. The average Bonchev–Trinajstić information content (AvgIpc) is 3.32. The summed E-state index contributed by atoms with van der Waals surface area (Å²) < 4.78 is 5.43. The Balaban J connectivity index is 1.61. The predicted octanol–water partition coefficient (Wildman–Crippen LogP) is 3.60. The SMILES string of the molecule is CC(C)NC(=O)O[C@@H]1CC[C@H](c2cc(NC(=O)c3cc(Cl)c(O)c(C=O)c3)n[nH]2)C1. The number of H-pyrrole nitrogens is 1. The molecule has 1 aromatic carbocycles. The fourth-order valence-corrected chi connectivity index (χ4v) is 3.62. The van der Waals surface area contributed by atoms with Crippen LogP contribution in [0.2, 0.25) is 5.02 Å². The van der Waals surface area contributed by atoms with Crippen molar-refractivity contribution in [3.05, 3.63) is 40.0 Å². The first-order valence-corrected chi connectivity index (χ1v) is 9.96. The molecule has 1 aliphatic carbocycles. The molecule has 0 spiro atoms. The molecule has 160 valence electrons. The van der Waals surface area contributed by atoms with Crippen LogP contribution in [-0.2, 0) is 4.74 Å². The fraction of sp³-hybridized carbons (Fsp3) is 0.400. The van der Waals surface area contributed by atoms with Gasteiger partial charge >= 0.3 is 6.09 Å². The number of phenols is 1. The number of nitrogens with one attached hydrogen (secondary N) is 3. The van der Waals surface area contributed by atoms with Gasteiger partial charge in [0.05, 0.1) is 10.6 Å². The molecule has 0 saturated heterocycles. The highest BCUT2D eigenvalue weighted by Gasteiger charge is 2.30. The summed E-state index contributed by atoms with van der Waals surface area (Å²) >= 11 is 5.86. The summed E-state index contributed by atoms with van der Waals surface area (Å²) in [5, 5.41) is 22.0. The topological polar surface area (TPSA) is 133 Å². The summed E-state index contributed by atoms with van der Waals surface area (Å²) in [4.78, 5) is 35.2. The Kier molecular flexibility index (Phi) is 6.61. The summed E-state index contributed by atoms with van der Waals surface area (Å²) in [5.41, 5.74) is 0.877. The van der Waals surface area contributed by atoms with Gasteiger partial charge in [-0.05, 0) is 45.2 Å². The van der Waals surface area contributed by atoms with E-state index in [0.717, 1.165) is 18.5 Å². The number of rotatable bonds is 6. The summed E-state index contributed by atoms with van der Waals surface area (Å²) in [6.07, 6.45) is 2.07. The van der Waals surface area contributed by atoms with Crippen LogP contribution >= 0.6 is 11.6 Å². The van der Waals surface area contributed by atoms with Crippen LogP contribution in [0.5, 0.6) is 5.75 Å². The molecule has 1 saturated carbocycles. The molecular weight excluding hydrogens is 412 g/mol. The lowest BCUT2D eigenvalue weighted by Gasteiger charge is -2.14. The monoisotopic (exact) mass is 434 g/mol. The first kappa shape index (κ1) is 21.6. The van der Waals surface area contributed by atoms with Crippen molar-refractivity contribution in [2.24, 2.45) is 0 Å². The number of phenolic OH excluding ortho intramolecular Hbond substituents is 1. The van der Waals surface area contributed by atoms with E-state index in [1.807, 2.05) is 13.8 Å². The number of anilines is 1. The van der Waals surface area contributed by atoms with Gasteiger partial charge in [0.25, 0.3) is 5.91 Å². The molecule has 10 heteroatoms. The van der Waals surface area contributed by atoms with Gasteiger partial charge in [0.2, 0.25) is 0 Å². The van der Waals surface area contributed by atoms with Crippen molar-refractivity contribution in [2.45, 2.75) is 51.2 Å². The third-order valence-electron chi connectivity index (χ3n) is 4.83. The van der Waals surface area contributed by atoms with Crippen molar-refractivity contribution in [1.29, 1.82) is 0 Å². The second-order valence-electron chi connectivity index (χ2n) is 7.51. The number of hydrogen-bond acceptors (Lipinski definition) is 6. The number of aldehydes is 1. The van der Waals surface area contributed by atoms with Crippen LogP contribution < -0.4 is 10.6 Å². The number of amides is 2. The Hall–Kier alpha value is -3.07. The molecule has 2 aromatic rings. The van der Waals surface area contributed by atoms with Gasteiger partial charge < -0.3 is 20.5 Å². The van der Waals surface area contributed by atoms with Gasteiger partial charge in [0, 0.05) is 29.3 Å². The van der Waals surface area contributed by atoms with Crippen LogP contribution in [0.3, 0.4) is 0 Å². The molecule has 0 unspecified atom stereocenters. The zero-order valence-corrected chi connectivity index (χ0v) is 17.3. The molecule has 1 fully saturated rings. The largest absolute Gasteiger partial charge is 0.506 e. The van der Waals surface area contributed by atoms with Gasteiger partial charge in [-0.15, -0.1) is 0 Å². The van der Waals surface area contributed by atoms with Gasteiger partial charge in [0.1, 0.15) is 11.9 Å². The van der Waals surface area contributed by atoms with E-state index in [2.05, 4.69) is 20.8 Å². The van der Waals surface area contributed by atoms with Crippen LogP contribution in [-0.4, -0.2) is 45.7 Å². The molecule has 3 rings (SSSR count). The number of ether oxygens (including phenoxy) is 1. The predicted molar refractivity (Wildman–Crippen MR) is 110 cm³/mol. The molecule has 1 aromatic heterocycles. The van der Waals surface area contributed by atoms with E-state index in [0.29, 0.717) is 18.5 Å². The highest BCUT2D eigenvalue weighted by Crippen LogP contribution is 2.36. The minimum Gasteiger partial charge on any atom is -0.506 e. The molecule has 1 heterocycles. The Morgan fingerprint density at radius 2 is 2.10 bits per heavy atom. The number of alkyl carbamates (subject to hydrolysis) is 1. The Morgan fingerprint density at radius 3 is 2.80 bits per heavy atom. The van der Waals surface area contributed by atoms with Crippen LogP contribution in [0, 0.1) is 0 Å². The molecular formula is C20H23ClN4O5. The van der Waals surface area contributed by atoms with Gasteiger partial charge in [-0.25, -0.2) is 4.79 Å². The number of aromatic nitrogens is 2. The van der Waals surface area contributed by atoms with Gasteiger partial charge in [0.15, 0.2) is 12.1 Å². The zero-order valence-electron chi connectivity index (χ0n) is 16.6. The third kappa shape index (κ3) is 5.10. The van der Waals surface area contributed by atoms with Crippen molar-refractivity contribution in [1.82, 2.24) is 15.5 Å². The Labute approximate surface area is 178 Å². The van der Waals surface area contributed by atoms with Gasteiger partial charge in [-0.2, -0.15) is 5.10 Å². The maximum Gasteiger partial charge on any atom is 0.407 e. The highest BCUT2D eigenvalue weighted by molar-refractivity contribution is 6.33. The van der Waals surface area contributed by atoms with E-state index in [-0.39, 0.29) is 40.0 Å². The third-order valence-corrected chi connectivity index (χ3v) is 5.11. The van der Waals surface area contributed by atoms with Crippen LogP contribution in [0.25, 0.3) is 0 Å². The first-order valence-electron chi connectivity index (χ1n) is 9.58. The second-order valence-corrected chi connectivity index (χ2v) is 7.92. The molecule has 1 aliphatic rings. The standard InChI is InChI=1S/C20H23ClN4O5/c1-10(2)22-20(29)30-14-4-3-11(6-14)16-8-17(25-24-16)23-19(28)12-5-13(9-26)18(27)15(21)7-12/h5,7-11,14,27H,3-4,6H2,1-2H3,(H,22,29)(H2,23,24,25,28)/t11-,14+/m0/s1. The molecule has 0 aliphatic heterocycles. The summed E-state index contributed by atoms with van der Waals surface area (Å²) in [6.45, 7) is 3.73. The number of halogens is 1. The number of aromatic hydroxyl groups is 1. The fourth-order valence-electron chi connectivity index (χ4n) is 3.39. The van der Waals surface area contributed by atoms with E-state index in [1.165, 1.54) is 12.1 Å². The Morgan fingerprint density at radius 1 is 1.33 bits per heavy atom. The number of aromatic amines is 1. The maximum absolute atomic E-state index is 12.5. The van der Waals surface area contributed by atoms with E-state index in [1.54, 1.807) is 6.07 Å². The molecule has 4 N–H and O–H groups in total. The molecule has 2 atom stereocenters. The second kappa shape index (κ2) is 9.17. The highest BCUT2D eigenvalue weighted by atomic mass is 35.5. The van der Waals surface area contributed by atoms with Crippen molar-refractivity contribution >= 4 is 35.7 Å². The Bertz CT molecular complexity index is 959. The molecule has 0 radical (unpaired) electrons. The van der Waals surface area contributed by atoms with Crippen molar-refractivity contribution in [2.75, 3.05) is 5.32 Å². The van der Waals surface area contributed by atoms with Crippen LogP contribution in [0.1, 0.15) is 65.4 Å². The van der Waals surface area contributed by atoms with Crippen molar-refractivity contribution in [3.8, 4) is 5.75 Å².